The van der Waals surface area contributed by atoms with Gasteiger partial charge in [0, 0.05) is 12.6 Å². The van der Waals surface area contributed by atoms with E-state index in [1.165, 1.54) is 4.90 Å². The molecule has 1 aliphatic heterocycles. The van der Waals surface area contributed by atoms with Crippen LogP contribution in [0.2, 0.25) is 0 Å². The number of halogens is 2. The quantitative estimate of drug-likeness (QED) is 0.587. The van der Waals surface area contributed by atoms with Crippen LogP contribution in [-0.4, -0.2) is 29.8 Å². The first-order valence-electron chi connectivity index (χ1n) is 4.27. The molecule has 2 rings (SSSR count). The number of likely N-dealkylation sites (tertiary alicyclic amines) is 1. The van der Waals surface area contributed by atoms with Crippen molar-refractivity contribution in [3.63, 3.8) is 0 Å². The van der Waals surface area contributed by atoms with E-state index in [1.807, 2.05) is 0 Å². The van der Waals surface area contributed by atoms with E-state index in [0.29, 0.717) is 12.5 Å². The molecule has 2 nitrogen and oxygen atoms in total. The first-order chi connectivity index (χ1) is 5.68. The first kappa shape index (κ1) is 7.95. The summed E-state index contributed by atoms with van der Waals surface area (Å²) in [7, 11) is 0. The highest BCUT2D eigenvalue weighted by Gasteiger charge is 2.42. The molecule has 0 aromatic carbocycles. The maximum Gasteiger partial charge on any atom is 0.315 e. The predicted octanol–water partition coefficient (Wildman–Crippen LogP) is 1.26. The Labute approximate surface area is 69.5 Å². The van der Waals surface area contributed by atoms with Gasteiger partial charge in [-0.05, 0) is 25.2 Å². The molecule has 0 N–H and O–H groups in total. The maximum absolute atomic E-state index is 12.0. The van der Waals surface area contributed by atoms with Crippen LogP contribution < -0.4 is 0 Å². The van der Waals surface area contributed by atoms with E-state index in [-0.39, 0.29) is 6.04 Å². The van der Waals surface area contributed by atoms with Gasteiger partial charge in [-0.2, -0.15) is 8.78 Å². The number of hydrogen-bond acceptors (Lipinski definition) is 1. The van der Waals surface area contributed by atoms with Crippen molar-refractivity contribution >= 4 is 5.91 Å². The summed E-state index contributed by atoms with van der Waals surface area (Å²) in [5, 5.41) is 0. The molecule has 2 atom stereocenters. The van der Waals surface area contributed by atoms with Gasteiger partial charge in [-0.1, -0.05) is 0 Å². The lowest BCUT2D eigenvalue weighted by molar-refractivity contribution is -0.144. The summed E-state index contributed by atoms with van der Waals surface area (Å²) in [5.41, 5.74) is 0. The largest absolute Gasteiger partial charge is 0.334 e. The van der Waals surface area contributed by atoms with E-state index in [0.717, 1.165) is 19.3 Å². The highest BCUT2D eigenvalue weighted by atomic mass is 19.3. The number of carbonyl (C=O) groups excluding carboxylic acids is 1. The van der Waals surface area contributed by atoms with Gasteiger partial charge in [-0.25, -0.2) is 0 Å². The summed E-state index contributed by atoms with van der Waals surface area (Å²) in [6, 6.07) is 0.122. The smallest absolute Gasteiger partial charge is 0.315 e. The monoisotopic (exact) mass is 175 g/mol. The third-order valence-electron chi connectivity index (χ3n) is 2.88. The number of hydrogen-bond donors (Lipinski definition) is 0. The molecule has 2 fully saturated rings. The van der Waals surface area contributed by atoms with Crippen LogP contribution in [0.5, 0.6) is 0 Å². The van der Waals surface area contributed by atoms with E-state index < -0.39 is 12.3 Å². The van der Waals surface area contributed by atoms with Crippen LogP contribution in [0, 0.1) is 5.92 Å². The average molecular weight is 175 g/mol. The zero-order valence-corrected chi connectivity index (χ0v) is 6.67. The number of fused-ring (bicyclic) bond motifs is 2. The number of rotatable bonds is 1. The van der Waals surface area contributed by atoms with Crippen LogP contribution in [0.4, 0.5) is 8.78 Å². The molecule has 0 spiro atoms. The molecule has 1 heterocycles. The second kappa shape index (κ2) is 2.68. The minimum absolute atomic E-state index is 0.122. The molecule has 1 saturated heterocycles. The van der Waals surface area contributed by atoms with E-state index >= 15 is 0 Å². The highest BCUT2D eigenvalue weighted by Crippen LogP contribution is 2.37. The summed E-state index contributed by atoms with van der Waals surface area (Å²) < 4.78 is 24.0. The highest BCUT2D eigenvalue weighted by molar-refractivity contribution is 5.80. The van der Waals surface area contributed by atoms with Gasteiger partial charge in [-0.3, -0.25) is 4.79 Å². The van der Waals surface area contributed by atoms with Crippen LogP contribution in [0.3, 0.4) is 0 Å². The van der Waals surface area contributed by atoms with Gasteiger partial charge >= 0.3 is 6.43 Å². The Morgan fingerprint density at radius 3 is 2.58 bits per heavy atom. The molecule has 1 amide bonds. The van der Waals surface area contributed by atoms with Crippen molar-refractivity contribution < 1.29 is 13.6 Å². The molecule has 1 aliphatic carbocycles. The molecule has 1 saturated carbocycles. The zero-order valence-electron chi connectivity index (χ0n) is 6.67. The molecule has 2 unspecified atom stereocenters. The molecule has 0 radical (unpaired) electrons. The lowest BCUT2D eigenvalue weighted by Gasteiger charge is -2.26. The molecule has 2 bridgehead atoms. The van der Waals surface area contributed by atoms with Gasteiger partial charge in [0.15, 0.2) is 0 Å². The molecular formula is C8H11F2NO. The van der Waals surface area contributed by atoms with Crippen molar-refractivity contribution in [1.82, 2.24) is 4.90 Å². The minimum atomic E-state index is -2.82. The van der Waals surface area contributed by atoms with Crippen LogP contribution in [0.15, 0.2) is 0 Å². The number of amides is 1. The van der Waals surface area contributed by atoms with E-state index in [9.17, 15) is 13.6 Å². The number of carbonyl (C=O) groups is 1. The summed E-state index contributed by atoms with van der Waals surface area (Å²) in [4.78, 5) is 12.3. The minimum Gasteiger partial charge on any atom is -0.334 e. The molecule has 2 aliphatic rings. The van der Waals surface area contributed by atoms with E-state index in [2.05, 4.69) is 0 Å². The van der Waals surface area contributed by atoms with Gasteiger partial charge in [-0.15, -0.1) is 0 Å². The first-order valence-corrected chi connectivity index (χ1v) is 4.27. The summed E-state index contributed by atoms with van der Waals surface area (Å²) >= 11 is 0. The summed E-state index contributed by atoms with van der Waals surface area (Å²) in [6.45, 7) is 0.563. The second-order valence-electron chi connectivity index (χ2n) is 3.62. The number of nitrogens with zero attached hydrogens (tertiary/aromatic N) is 1. The van der Waals surface area contributed by atoms with Crippen molar-refractivity contribution in [3.05, 3.63) is 0 Å². The van der Waals surface area contributed by atoms with Crippen molar-refractivity contribution in [2.75, 3.05) is 6.54 Å². The zero-order chi connectivity index (χ0) is 8.72. The van der Waals surface area contributed by atoms with Crippen molar-refractivity contribution in [3.8, 4) is 0 Å². The van der Waals surface area contributed by atoms with Crippen molar-refractivity contribution in [2.45, 2.75) is 31.7 Å². The normalized spacial score (nSPS) is 33.4. The lowest BCUT2D eigenvalue weighted by atomic mass is 10.1. The van der Waals surface area contributed by atoms with Gasteiger partial charge in [0.1, 0.15) is 0 Å². The fraction of sp³-hybridized carbons (Fsp3) is 0.875. The summed E-state index contributed by atoms with van der Waals surface area (Å²) in [6.07, 6.45) is 0.156. The third kappa shape index (κ3) is 1.09. The Morgan fingerprint density at radius 1 is 1.42 bits per heavy atom. The van der Waals surface area contributed by atoms with Crippen molar-refractivity contribution in [1.29, 1.82) is 0 Å². The number of alkyl halides is 2. The molecule has 68 valence electrons. The van der Waals surface area contributed by atoms with Gasteiger partial charge < -0.3 is 4.90 Å². The summed E-state index contributed by atoms with van der Waals surface area (Å²) in [5.74, 6) is -0.472. The van der Waals surface area contributed by atoms with Crippen molar-refractivity contribution in [2.24, 2.45) is 5.92 Å². The molecular weight excluding hydrogens is 164 g/mol. The second-order valence-corrected chi connectivity index (χ2v) is 3.62. The number of piperidine rings is 1. The van der Waals surface area contributed by atoms with Gasteiger partial charge in [0.25, 0.3) is 5.91 Å². The van der Waals surface area contributed by atoms with Gasteiger partial charge in [0.05, 0.1) is 0 Å². The predicted molar refractivity (Wildman–Crippen MR) is 38.8 cm³/mol. The maximum atomic E-state index is 12.0. The molecule has 0 aromatic rings. The molecule has 4 heteroatoms. The average Bonchev–Trinajstić information content (AvgIpc) is 2.62. The Kier molecular flexibility index (Phi) is 1.77. The van der Waals surface area contributed by atoms with E-state index in [4.69, 9.17) is 0 Å². The SMILES string of the molecule is O=C(C(F)F)N1CC2CCC1C2. The fourth-order valence-corrected chi connectivity index (χ4v) is 2.32. The third-order valence-corrected chi connectivity index (χ3v) is 2.88. The van der Waals surface area contributed by atoms with Crippen LogP contribution in [0.25, 0.3) is 0 Å². The Bertz CT molecular complexity index is 207. The van der Waals surface area contributed by atoms with Crippen LogP contribution in [-0.2, 0) is 4.79 Å². The lowest BCUT2D eigenvalue weighted by Crippen LogP contribution is -2.41. The molecule has 0 aromatic heterocycles. The van der Waals surface area contributed by atoms with E-state index in [1.54, 1.807) is 0 Å². The Balaban J connectivity index is 2.02. The van der Waals surface area contributed by atoms with Crippen LogP contribution >= 0.6 is 0 Å². The van der Waals surface area contributed by atoms with Gasteiger partial charge in [0.2, 0.25) is 0 Å². The Hall–Kier alpha value is -0.670. The van der Waals surface area contributed by atoms with Crippen LogP contribution in [0.1, 0.15) is 19.3 Å². The Morgan fingerprint density at radius 2 is 2.17 bits per heavy atom. The fourth-order valence-electron chi connectivity index (χ4n) is 2.32. The topological polar surface area (TPSA) is 20.3 Å². The molecule has 12 heavy (non-hydrogen) atoms. The standard InChI is InChI=1S/C8H11F2NO/c9-7(10)8(12)11-4-5-1-2-6(11)3-5/h5-7H,1-4H2.